The summed E-state index contributed by atoms with van der Waals surface area (Å²) in [6.07, 6.45) is -0.732. The number of rotatable bonds is 5. The minimum Gasteiger partial charge on any atom is -0.392 e. The molecule has 0 spiro atoms. The Bertz CT molecular complexity index is 709. The Balaban J connectivity index is 2.27. The van der Waals surface area contributed by atoms with Crippen molar-refractivity contribution in [1.82, 2.24) is 0 Å². The van der Waals surface area contributed by atoms with Crippen LogP contribution in [0.5, 0.6) is 0 Å². The second kappa shape index (κ2) is 6.26. The molecule has 0 bridgehead atoms. The third kappa shape index (κ3) is 3.81. The van der Waals surface area contributed by atoms with Gasteiger partial charge in [-0.25, -0.2) is 8.42 Å². The summed E-state index contributed by atoms with van der Waals surface area (Å²) in [6.45, 7) is 1.48. The number of sulfonamides is 1. The fourth-order valence-electron chi connectivity index (χ4n) is 1.83. The summed E-state index contributed by atoms with van der Waals surface area (Å²) in [5, 5.41) is 18.5. The minimum atomic E-state index is -3.71. The van der Waals surface area contributed by atoms with Crippen LogP contribution in [-0.2, 0) is 16.6 Å². The van der Waals surface area contributed by atoms with Gasteiger partial charge in [-0.3, -0.25) is 4.72 Å². The molecule has 1 atom stereocenters. The molecule has 5 nitrogen and oxygen atoms in total. The molecular formula is C15H17NO4S. The zero-order valence-corrected chi connectivity index (χ0v) is 12.3. The van der Waals surface area contributed by atoms with Crippen molar-refractivity contribution in [3.05, 3.63) is 59.7 Å². The van der Waals surface area contributed by atoms with E-state index in [0.717, 1.165) is 0 Å². The Morgan fingerprint density at radius 2 is 1.81 bits per heavy atom. The molecule has 0 aromatic heterocycles. The maximum Gasteiger partial charge on any atom is 0.261 e. The van der Waals surface area contributed by atoms with Gasteiger partial charge in [0.25, 0.3) is 10.0 Å². The SMILES string of the molecule is CC(O)c1cccc(S(=O)(=O)Nc2ccc(CO)cc2)c1. The standard InChI is InChI=1S/C15H17NO4S/c1-11(18)13-3-2-4-15(9-13)21(19,20)16-14-7-5-12(10-17)6-8-14/h2-9,11,16-18H,10H2,1H3. The molecule has 0 fully saturated rings. The summed E-state index contributed by atoms with van der Waals surface area (Å²) >= 11 is 0. The molecule has 2 rings (SSSR count). The van der Waals surface area contributed by atoms with Crippen molar-refractivity contribution in [3.8, 4) is 0 Å². The largest absolute Gasteiger partial charge is 0.392 e. The molecule has 0 saturated heterocycles. The van der Waals surface area contributed by atoms with E-state index >= 15 is 0 Å². The van der Waals surface area contributed by atoms with Crippen molar-refractivity contribution in [3.63, 3.8) is 0 Å². The lowest BCUT2D eigenvalue weighted by molar-refractivity contribution is 0.199. The van der Waals surface area contributed by atoms with E-state index in [1.54, 1.807) is 43.3 Å². The summed E-state index contributed by atoms with van der Waals surface area (Å²) < 4.78 is 27.0. The van der Waals surface area contributed by atoms with Gasteiger partial charge < -0.3 is 10.2 Å². The van der Waals surface area contributed by atoms with Crippen LogP contribution in [-0.4, -0.2) is 18.6 Å². The molecule has 21 heavy (non-hydrogen) atoms. The van der Waals surface area contributed by atoms with Crippen LogP contribution in [0.4, 0.5) is 5.69 Å². The van der Waals surface area contributed by atoms with Crippen molar-refractivity contribution in [2.75, 3.05) is 4.72 Å². The number of hydrogen-bond donors (Lipinski definition) is 3. The van der Waals surface area contributed by atoms with Crippen LogP contribution in [0.2, 0.25) is 0 Å². The van der Waals surface area contributed by atoms with E-state index in [-0.39, 0.29) is 11.5 Å². The first kappa shape index (κ1) is 15.5. The van der Waals surface area contributed by atoms with Crippen LogP contribution in [0.15, 0.2) is 53.4 Å². The lowest BCUT2D eigenvalue weighted by Gasteiger charge is -2.11. The number of benzene rings is 2. The number of hydrogen-bond acceptors (Lipinski definition) is 4. The fraction of sp³-hybridized carbons (Fsp3) is 0.200. The van der Waals surface area contributed by atoms with E-state index < -0.39 is 16.1 Å². The molecule has 2 aromatic carbocycles. The van der Waals surface area contributed by atoms with E-state index in [1.807, 2.05) is 0 Å². The first-order valence-electron chi connectivity index (χ1n) is 6.43. The normalized spacial score (nSPS) is 12.9. The summed E-state index contributed by atoms with van der Waals surface area (Å²) in [4.78, 5) is 0.0899. The highest BCUT2D eigenvalue weighted by Crippen LogP contribution is 2.20. The van der Waals surface area contributed by atoms with Crippen molar-refractivity contribution in [2.24, 2.45) is 0 Å². The fourth-order valence-corrected chi connectivity index (χ4v) is 2.95. The Morgan fingerprint density at radius 1 is 1.14 bits per heavy atom. The van der Waals surface area contributed by atoms with Gasteiger partial charge in [0.2, 0.25) is 0 Å². The van der Waals surface area contributed by atoms with Gasteiger partial charge in [-0.2, -0.15) is 0 Å². The van der Waals surface area contributed by atoms with E-state index in [4.69, 9.17) is 5.11 Å². The molecule has 0 aliphatic rings. The summed E-state index contributed by atoms with van der Waals surface area (Å²) in [5.74, 6) is 0. The van der Waals surface area contributed by atoms with Gasteiger partial charge in [0.15, 0.2) is 0 Å². The molecule has 0 saturated carbocycles. The monoisotopic (exact) mass is 307 g/mol. The smallest absolute Gasteiger partial charge is 0.261 e. The molecule has 0 radical (unpaired) electrons. The first-order chi connectivity index (χ1) is 9.92. The predicted molar refractivity (Wildman–Crippen MR) is 80.2 cm³/mol. The molecule has 3 N–H and O–H groups in total. The summed E-state index contributed by atoms with van der Waals surface area (Å²) in [6, 6.07) is 12.6. The number of anilines is 1. The third-order valence-electron chi connectivity index (χ3n) is 3.04. The van der Waals surface area contributed by atoms with Gasteiger partial charge in [-0.1, -0.05) is 24.3 Å². The van der Waals surface area contributed by atoms with E-state index in [0.29, 0.717) is 16.8 Å². The molecule has 0 amide bonds. The number of aliphatic hydroxyl groups is 2. The first-order valence-corrected chi connectivity index (χ1v) is 7.91. The van der Waals surface area contributed by atoms with Crippen molar-refractivity contribution >= 4 is 15.7 Å². The lowest BCUT2D eigenvalue weighted by atomic mass is 10.1. The van der Waals surface area contributed by atoms with E-state index in [9.17, 15) is 13.5 Å². The summed E-state index contributed by atoms with van der Waals surface area (Å²) in [5.41, 5.74) is 1.65. The molecular weight excluding hydrogens is 290 g/mol. The van der Waals surface area contributed by atoms with Gasteiger partial charge in [0.1, 0.15) is 0 Å². The maximum absolute atomic E-state index is 12.3. The van der Waals surface area contributed by atoms with Gasteiger partial charge in [-0.05, 0) is 42.3 Å². The van der Waals surface area contributed by atoms with Gasteiger partial charge >= 0.3 is 0 Å². The Hall–Kier alpha value is -1.89. The van der Waals surface area contributed by atoms with Crippen LogP contribution in [0, 0.1) is 0 Å². The lowest BCUT2D eigenvalue weighted by Crippen LogP contribution is -2.13. The molecule has 2 aromatic rings. The topological polar surface area (TPSA) is 86.6 Å². The van der Waals surface area contributed by atoms with Crippen LogP contribution in [0.1, 0.15) is 24.2 Å². The molecule has 112 valence electrons. The van der Waals surface area contributed by atoms with Gasteiger partial charge in [0.05, 0.1) is 17.6 Å². The quantitative estimate of drug-likeness (QED) is 0.789. The molecule has 0 heterocycles. The van der Waals surface area contributed by atoms with E-state index in [1.165, 1.54) is 12.1 Å². The molecule has 6 heteroatoms. The average Bonchev–Trinajstić information content (AvgIpc) is 2.48. The zero-order chi connectivity index (χ0) is 15.5. The zero-order valence-electron chi connectivity index (χ0n) is 11.5. The second-order valence-electron chi connectivity index (χ2n) is 4.71. The highest BCUT2D eigenvalue weighted by Gasteiger charge is 2.15. The maximum atomic E-state index is 12.3. The second-order valence-corrected chi connectivity index (χ2v) is 6.39. The van der Waals surface area contributed by atoms with Crippen LogP contribution in [0.3, 0.4) is 0 Å². The Labute approximate surface area is 123 Å². The predicted octanol–water partition coefficient (Wildman–Crippen LogP) is 2.03. The number of aliphatic hydroxyl groups excluding tert-OH is 2. The van der Waals surface area contributed by atoms with Crippen LogP contribution < -0.4 is 4.72 Å². The minimum absolute atomic E-state index is 0.0899. The number of nitrogens with one attached hydrogen (secondary N) is 1. The van der Waals surface area contributed by atoms with Crippen molar-refractivity contribution in [2.45, 2.75) is 24.5 Å². The van der Waals surface area contributed by atoms with Gasteiger partial charge in [0, 0.05) is 5.69 Å². The van der Waals surface area contributed by atoms with Crippen molar-refractivity contribution in [1.29, 1.82) is 0 Å². The highest BCUT2D eigenvalue weighted by atomic mass is 32.2. The van der Waals surface area contributed by atoms with Crippen LogP contribution >= 0.6 is 0 Å². The molecule has 0 aliphatic carbocycles. The van der Waals surface area contributed by atoms with Crippen molar-refractivity contribution < 1.29 is 18.6 Å². The molecule has 0 aliphatic heterocycles. The van der Waals surface area contributed by atoms with E-state index in [2.05, 4.69) is 4.72 Å². The average molecular weight is 307 g/mol. The van der Waals surface area contributed by atoms with Crippen LogP contribution in [0.25, 0.3) is 0 Å². The third-order valence-corrected chi connectivity index (χ3v) is 4.42. The Kier molecular flexibility index (Phi) is 4.62. The summed E-state index contributed by atoms with van der Waals surface area (Å²) in [7, 11) is -3.71. The highest BCUT2D eigenvalue weighted by molar-refractivity contribution is 7.92. The Morgan fingerprint density at radius 3 is 2.38 bits per heavy atom. The van der Waals surface area contributed by atoms with Gasteiger partial charge in [-0.15, -0.1) is 0 Å². The molecule has 1 unspecified atom stereocenters.